The minimum Gasteiger partial charge on any atom is -0.493 e. The molecule has 3 rings (SSSR count). The molecule has 0 N–H and O–H groups in total. The molecule has 2 heterocycles. The summed E-state index contributed by atoms with van der Waals surface area (Å²) in [5, 5.41) is 0. The van der Waals surface area contributed by atoms with Gasteiger partial charge in [0.05, 0.1) is 7.11 Å². The van der Waals surface area contributed by atoms with Gasteiger partial charge in [-0.1, -0.05) is 6.08 Å². The molecule has 5 nitrogen and oxygen atoms in total. The molecule has 1 amide bonds. The number of benzene rings is 1. The van der Waals surface area contributed by atoms with Crippen molar-refractivity contribution in [2.75, 3.05) is 20.4 Å². The predicted molar refractivity (Wildman–Crippen MR) is 78.2 cm³/mol. The zero-order valence-electron chi connectivity index (χ0n) is 11.9. The van der Waals surface area contributed by atoms with Crippen LogP contribution in [0.5, 0.6) is 17.2 Å². The molecule has 1 aromatic carbocycles. The van der Waals surface area contributed by atoms with E-state index in [1.807, 2.05) is 24.4 Å². The van der Waals surface area contributed by atoms with E-state index in [4.69, 9.17) is 14.2 Å². The van der Waals surface area contributed by atoms with E-state index in [1.165, 1.54) is 0 Å². The lowest BCUT2D eigenvalue weighted by atomic mass is 10.1. The Balaban J connectivity index is 1.78. The summed E-state index contributed by atoms with van der Waals surface area (Å²) in [6.45, 7) is 0.959. The minimum atomic E-state index is -0.0254. The van der Waals surface area contributed by atoms with Crippen LogP contribution in [-0.4, -0.2) is 31.3 Å². The first kappa shape index (κ1) is 13.5. The van der Waals surface area contributed by atoms with Gasteiger partial charge < -0.3 is 19.1 Å². The normalized spacial score (nSPS) is 16.5. The van der Waals surface area contributed by atoms with E-state index < -0.39 is 0 Å². The average molecular weight is 287 g/mol. The smallest absolute Gasteiger partial charge is 0.250 e. The molecular formula is C16H17NO4. The number of rotatable bonds is 3. The van der Waals surface area contributed by atoms with Gasteiger partial charge in [-0.3, -0.25) is 4.79 Å². The Labute approximate surface area is 123 Å². The number of nitrogens with zero attached hydrogens (tertiary/aromatic N) is 1. The third-order valence-electron chi connectivity index (χ3n) is 3.44. The van der Waals surface area contributed by atoms with Crippen molar-refractivity contribution < 1.29 is 19.0 Å². The van der Waals surface area contributed by atoms with Crippen molar-refractivity contribution in [2.24, 2.45) is 0 Å². The van der Waals surface area contributed by atoms with Crippen LogP contribution in [0.1, 0.15) is 18.4 Å². The van der Waals surface area contributed by atoms with Crippen LogP contribution in [0.2, 0.25) is 0 Å². The van der Waals surface area contributed by atoms with Crippen LogP contribution in [0.15, 0.2) is 30.5 Å². The molecule has 0 aromatic heterocycles. The number of methoxy groups -OCH3 is 1. The van der Waals surface area contributed by atoms with Crippen molar-refractivity contribution in [2.45, 2.75) is 12.8 Å². The maximum atomic E-state index is 12.1. The van der Waals surface area contributed by atoms with Crippen LogP contribution in [-0.2, 0) is 4.79 Å². The van der Waals surface area contributed by atoms with E-state index in [1.54, 1.807) is 24.2 Å². The Morgan fingerprint density at radius 3 is 3.05 bits per heavy atom. The number of carbonyl (C=O) groups excluding carboxylic acids is 1. The first-order valence-electron chi connectivity index (χ1n) is 6.91. The number of amides is 1. The third-order valence-corrected chi connectivity index (χ3v) is 3.44. The van der Waals surface area contributed by atoms with Gasteiger partial charge in [-0.25, -0.2) is 0 Å². The third kappa shape index (κ3) is 2.86. The lowest BCUT2D eigenvalue weighted by Gasteiger charge is -2.19. The molecule has 0 aliphatic carbocycles. The zero-order chi connectivity index (χ0) is 14.7. The number of ether oxygens (including phenoxy) is 3. The van der Waals surface area contributed by atoms with Crippen LogP contribution in [0.3, 0.4) is 0 Å². The largest absolute Gasteiger partial charge is 0.493 e. The molecule has 0 spiro atoms. The number of allylic oxidation sites excluding steroid dienone is 1. The Kier molecular flexibility index (Phi) is 3.81. The van der Waals surface area contributed by atoms with Gasteiger partial charge >= 0.3 is 0 Å². The average Bonchev–Trinajstić information content (AvgIpc) is 3.01. The monoisotopic (exact) mass is 287 g/mol. The number of fused-ring (bicyclic) bond motifs is 1. The highest BCUT2D eigenvalue weighted by molar-refractivity contribution is 5.92. The standard InChI is InChI=1S/C16H17NO4/c1-19-13-9-12(10-14-16(13)21-11-20-14)5-6-15(18)17-7-3-2-4-8-17/h3,5-7,9-10H,2,4,8,11H2,1H3. The number of hydrogen-bond donors (Lipinski definition) is 0. The lowest BCUT2D eigenvalue weighted by molar-refractivity contribution is -0.123. The molecule has 0 saturated heterocycles. The highest BCUT2D eigenvalue weighted by atomic mass is 16.7. The Morgan fingerprint density at radius 1 is 1.38 bits per heavy atom. The fourth-order valence-corrected chi connectivity index (χ4v) is 2.35. The quantitative estimate of drug-likeness (QED) is 0.802. The second-order valence-corrected chi connectivity index (χ2v) is 4.85. The van der Waals surface area contributed by atoms with Crippen LogP contribution in [0.4, 0.5) is 0 Å². The van der Waals surface area contributed by atoms with E-state index in [9.17, 15) is 4.79 Å². The highest BCUT2D eigenvalue weighted by Crippen LogP contribution is 2.42. The molecule has 0 unspecified atom stereocenters. The van der Waals surface area contributed by atoms with Crippen LogP contribution >= 0.6 is 0 Å². The van der Waals surface area contributed by atoms with E-state index in [-0.39, 0.29) is 12.7 Å². The van der Waals surface area contributed by atoms with E-state index >= 15 is 0 Å². The van der Waals surface area contributed by atoms with Gasteiger partial charge in [0.2, 0.25) is 12.5 Å². The van der Waals surface area contributed by atoms with Crippen molar-refractivity contribution >= 4 is 12.0 Å². The van der Waals surface area contributed by atoms with E-state index in [2.05, 4.69) is 0 Å². The molecule has 2 aliphatic rings. The summed E-state index contributed by atoms with van der Waals surface area (Å²) >= 11 is 0. The molecule has 1 aromatic rings. The molecule has 0 atom stereocenters. The summed E-state index contributed by atoms with van der Waals surface area (Å²) in [5.41, 5.74) is 0.838. The Bertz CT molecular complexity index is 607. The van der Waals surface area contributed by atoms with Gasteiger partial charge in [0, 0.05) is 18.8 Å². The topological polar surface area (TPSA) is 48.0 Å². The molecule has 110 valence electrons. The number of carbonyl (C=O) groups is 1. The van der Waals surface area contributed by atoms with Crippen LogP contribution < -0.4 is 14.2 Å². The van der Waals surface area contributed by atoms with Gasteiger partial charge in [-0.2, -0.15) is 0 Å². The first-order valence-corrected chi connectivity index (χ1v) is 6.91. The first-order chi connectivity index (χ1) is 10.3. The Morgan fingerprint density at radius 2 is 2.29 bits per heavy atom. The summed E-state index contributed by atoms with van der Waals surface area (Å²) in [7, 11) is 1.58. The summed E-state index contributed by atoms with van der Waals surface area (Å²) in [4.78, 5) is 13.8. The SMILES string of the molecule is COc1cc(C=CC(=O)N2C=CCCC2)cc2c1OCO2. The summed E-state index contributed by atoms with van der Waals surface area (Å²) in [5.74, 6) is 1.83. The summed E-state index contributed by atoms with van der Waals surface area (Å²) in [6.07, 6.45) is 9.22. The van der Waals surface area contributed by atoms with Gasteiger partial charge in [0.1, 0.15) is 0 Å². The fourth-order valence-electron chi connectivity index (χ4n) is 2.35. The van der Waals surface area contributed by atoms with Crippen LogP contribution in [0, 0.1) is 0 Å². The second-order valence-electron chi connectivity index (χ2n) is 4.85. The minimum absolute atomic E-state index is 0.0254. The van der Waals surface area contributed by atoms with Gasteiger partial charge in [0.25, 0.3) is 5.91 Å². The van der Waals surface area contributed by atoms with Crippen molar-refractivity contribution in [3.8, 4) is 17.2 Å². The molecule has 5 heteroatoms. The van der Waals surface area contributed by atoms with Crippen molar-refractivity contribution in [1.29, 1.82) is 0 Å². The van der Waals surface area contributed by atoms with Crippen LogP contribution in [0.25, 0.3) is 6.08 Å². The van der Waals surface area contributed by atoms with E-state index in [0.29, 0.717) is 17.2 Å². The van der Waals surface area contributed by atoms with Crippen molar-refractivity contribution in [3.63, 3.8) is 0 Å². The fraction of sp³-hybridized carbons (Fsp3) is 0.312. The molecular weight excluding hydrogens is 270 g/mol. The molecule has 0 saturated carbocycles. The second kappa shape index (κ2) is 5.91. The van der Waals surface area contributed by atoms with E-state index in [0.717, 1.165) is 24.9 Å². The zero-order valence-corrected chi connectivity index (χ0v) is 11.9. The van der Waals surface area contributed by atoms with Crippen molar-refractivity contribution in [1.82, 2.24) is 4.90 Å². The Hall–Kier alpha value is -2.43. The van der Waals surface area contributed by atoms with Crippen molar-refractivity contribution in [3.05, 3.63) is 36.0 Å². The number of hydrogen-bond acceptors (Lipinski definition) is 4. The lowest BCUT2D eigenvalue weighted by Crippen LogP contribution is -2.26. The van der Waals surface area contributed by atoms with Gasteiger partial charge in [0.15, 0.2) is 11.5 Å². The predicted octanol–water partition coefficient (Wildman–Crippen LogP) is 2.57. The molecule has 0 fully saturated rings. The van der Waals surface area contributed by atoms with Gasteiger partial charge in [-0.05, 0) is 36.6 Å². The molecule has 0 radical (unpaired) electrons. The summed E-state index contributed by atoms with van der Waals surface area (Å²) in [6, 6.07) is 3.66. The maximum Gasteiger partial charge on any atom is 0.250 e. The summed E-state index contributed by atoms with van der Waals surface area (Å²) < 4.78 is 16.0. The molecule has 0 bridgehead atoms. The molecule has 2 aliphatic heterocycles. The van der Waals surface area contributed by atoms with Gasteiger partial charge in [-0.15, -0.1) is 0 Å². The molecule has 21 heavy (non-hydrogen) atoms. The highest BCUT2D eigenvalue weighted by Gasteiger charge is 2.19. The maximum absolute atomic E-state index is 12.1.